The van der Waals surface area contributed by atoms with Crippen LogP contribution in [0.5, 0.6) is 0 Å². The van der Waals surface area contributed by atoms with Crippen LogP contribution >= 0.6 is 11.3 Å². The number of rotatable bonds is 3. The number of carbonyl (C=O) groups excluding carboxylic acids is 2. The molecule has 20 heavy (non-hydrogen) atoms. The van der Waals surface area contributed by atoms with Crippen molar-refractivity contribution in [1.29, 1.82) is 0 Å². The number of methoxy groups -OCH3 is 1. The van der Waals surface area contributed by atoms with Gasteiger partial charge in [-0.25, -0.2) is 4.79 Å². The largest absolute Gasteiger partial charge is 0.467 e. The van der Waals surface area contributed by atoms with Crippen molar-refractivity contribution in [1.82, 2.24) is 4.90 Å². The van der Waals surface area contributed by atoms with Gasteiger partial charge in [0.25, 0.3) is 5.91 Å². The third-order valence-electron chi connectivity index (χ3n) is 3.13. The first kappa shape index (κ1) is 14.9. The van der Waals surface area contributed by atoms with Crippen molar-refractivity contribution in [2.75, 3.05) is 13.7 Å². The molecule has 1 fully saturated rings. The van der Waals surface area contributed by atoms with Crippen molar-refractivity contribution in [2.24, 2.45) is 0 Å². The van der Waals surface area contributed by atoms with Crippen LogP contribution in [0.1, 0.15) is 16.1 Å². The highest BCUT2D eigenvalue weighted by Gasteiger charge is 2.46. The number of carbonyl (C=O) groups is 2. The van der Waals surface area contributed by atoms with Gasteiger partial charge in [-0.2, -0.15) is 8.42 Å². The van der Waals surface area contributed by atoms with E-state index in [0.717, 1.165) is 23.3 Å². The first-order valence-electron chi connectivity index (χ1n) is 5.70. The predicted molar refractivity (Wildman–Crippen MR) is 69.6 cm³/mol. The number of hydrogen-bond donors (Lipinski definition) is 0. The van der Waals surface area contributed by atoms with Crippen LogP contribution in [0.2, 0.25) is 0 Å². The molecule has 1 aliphatic heterocycles. The Morgan fingerprint density at radius 2 is 2.20 bits per heavy atom. The van der Waals surface area contributed by atoms with E-state index in [4.69, 9.17) is 0 Å². The Bertz CT molecular complexity index is 613. The van der Waals surface area contributed by atoms with E-state index < -0.39 is 33.4 Å². The van der Waals surface area contributed by atoms with Crippen molar-refractivity contribution in [3.63, 3.8) is 0 Å². The molecule has 0 aromatic carbocycles. The molecule has 2 unspecified atom stereocenters. The zero-order valence-electron chi connectivity index (χ0n) is 10.5. The molecular formula is C11H12FNO5S2. The molecule has 1 saturated heterocycles. The number of halogens is 1. The Kier molecular flexibility index (Phi) is 4.09. The molecule has 2 heterocycles. The van der Waals surface area contributed by atoms with Gasteiger partial charge in [0.15, 0.2) is 0 Å². The number of nitrogens with zero attached hydrogens (tertiary/aromatic N) is 1. The van der Waals surface area contributed by atoms with Crippen LogP contribution in [0.15, 0.2) is 17.5 Å². The summed E-state index contributed by atoms with van der Waals surface area (Å²) in [5, 5.41) is 0.287. The third-order valence-corrected chi connectivity index (χ3v) is 5.12. The summed E-state index contributed by atoms with van der Waals surface area (Å²) in [5.41, 5.74) is 0. The van der Waals surface area contributed by atoms with Gasteiger partial charge in [0.05, 0.1) is 12.0 Å². The maximum atomic E-state index is 13.1. The first-order chi connectivity index (χ1) is 9.34. The second kappa shape index (κ2) is 5.49. The van der Waals surface area contributed by atoms with Gasteiger partial charge in [-0.05, 0) is 17.9 Å². The van der Waals surface area contributed by atoms with Gasteiger partial charge in [0.1, 0.15) is 11.3 Å². The second-order valence-corrected chi connectivity index (χ2v) is 6.87. The summed E-state index contributed by atoms with van der Waals surface area (Å²) < 4.78 is 39.6. The first-order valence-corrected chi connectivity index (χ1v) is 8.03. The standard InChI is InChI=1S/C11H12FNO5S2/c1-18-11(15)8-5-7(20(12,16)17)6-13(8)10(14)9-3-2-4-19-9/h2-4,7-8H,5-6H2,1H3. The van der Waals surface area contributed by atoms with Crippen LogP contribution in [0.3, 0.4) is 0 Å². The molecule has 2 rings (SSSR count). The Morgan fingerprint density at radius 1 is 1.50 bits per heavy atom. The lowest BCUT2D eigenvalue weighted by Gasteiger charge is -2.21. The molecule has 110 valence electrons. The maximum absolute atomic E-state index is 13.1. The Hall–Kier alpha value is -1.48. The topological polar surface area (TPSA) is 80.8 Å². The van der Waals surface area contributed by atoms with Gasteiger partial charge >= 0.3 is 16.2 Å². The minimum Gasteiger partial charge on any atom is -0.467 e. The number of likely N-dealkylation sites (tertiary alicyclic amines) is 1. The molecule has 0 spiro atoms. The van der Waals surface area contributed by atoms with E-state index in [9.17, 15) is 21.9 Å². The molecule has 0 saturated carbocycles. The summed E-state index contributed by atoms with van der Waals surface area (Å²) in [6.07, 6.45) is -0.289. The number of ether oxygens (including phenoxy) is 1. The van der Waals surface area contributed by atoms with Crippen LogP contribution in [-0.4, -0.2) is 50.1 Å². The van der Waals surface area contributed by atoms with Gasteiger partial charge in [0, 0.05) is 6.54 Å². The molecule has 0 radical (unpaired) electrons. The smallest absolute Gasteiger partial charge is 0.328 e. The van der Waals surface area contributed by atoms with E-state index in [0.29, 0.717) is 4.88 Å². The SMILES string of the molecule is COC(=O)C1CC(S(=O)(=O)F)CN1C(=O)c1cccs1. The second-order valence-electron chi connectivity index (χ2n) is 4.31. The molecule has 1 amide bonds. The molecule has 2 atom stereocenters. The van der Waals surface area contributed by atoms with Gasteiger partial charge < -0.3 is 9.64 Å². The molecular weight excluding hydrogens is 309 g/mol. The molecule has 1 aliphatic rings. The van der Waals surface area contributed by atoms with Crippen molar-refractivity contribution < 1.29 is 26.6 Å². The van der Waals surface area contributed by atoms with Crippen molar-refractivity contribution in [3.05, 3.63) is 22.4 Å². The zero-order valence-corrected chi connectivity index (χ0v) is 12.1. The number of esters is 1. The normalized spacial score (nSPS) is 22.8. The van der Waals surface area contributed by atoms with Gasteiger partial charge in [0.2, 0.25) is 0 Å². The summed E-state index contributed by atoms with van der Waals surface area (Å²) in [6, 6.07) is 2.13. The fraction of sp³-hybridized carbons (Fsp3) is 0.455. The van der Waals surface area contributed by atoms with Crippen LogP contribution in [0.4, 0.5) is 3.89 Å². The number of hydrogen-bond acceptors (Lipinski definition) is 6. The van der Waals surface area contributed by atoms with E-state index in [1.807, 2.05) is 0 Å². The molecule has 0 bridgehead atoms. The summed E-state index contributed by atoms with van der Waals surface area (Å²) in [7, 11) is -3.68. The Balaban J connectivity index is 2.29. The molecule has 1 aromatic heterocycles. The summed E-state index contributed by atoms with van der Waals surface area (Å²) in [4.78, 5) is 25.3. The van der Waals surface area contributed by atoms with Crippen LogP contribution in [0.25, 0.3) is 0 Å². The summed E-state index contributed by atoms with van der Waals surface area (Å²) in [5.74, 6) is -1.25. The van der Waals surface area contributed by atoms with Crippen molar-refractivity contribution >= 4 is 33.4 Å². The molecule has 6 nitrogen and oxygen atoms in total. The fourth-order valence-electron chi connectivity index (χ4n) is 2.13. The molecule has 1 aromatic rings. The lowest BCUT2D eigenvalue weighted by Crippen LogP contribution is -2.41. The highest BCUT2D eigenvalue weighted by Crippen LogP contribution is 2.27. The fourth-order valence-corrected chi connectivity index (χ4v) is 3.56. The molecule has 0 aliphatic carbocycles. The van der Waals surface area contributed by atoms with E-state index >= 15 is 0 Å². The van der Waals surface area contributed by atoms with Crippen molar-refractivity contribution in [2.45, 2.75) is 17.7 Å². The van der Waals surface area contributed by atoms with Crippen LogP contribution in [0, 0.1) is 0 Å². The van der Waals surface area contributed by atoms with Gasteiger partial charge in [-0.3, -0.25) is 4.79 Å². The Labute approximate surface area is 119 Å². The van der Waals surface area contributed by atoms with E-state index in [1.54, 1.807) is 17.5 Å². The van der Waals surface area contributed by atoms with Crippen molar-refractivity contribution in [3.8, 4) is 0 Å². The van der Waals surface area contributed by atoms with E-state index in [1.165, 1.54) is 0 Å². The maximum Gasteiger partial charge on any atom is 0.328 e. The average molecular weight is 321 g/mol. The molecule has 0 N–H and O–H groups in total. The molecule has 9 heteroatoms. The Morgan fingerprint density at radius 3 is 2.70 bits per heavy atom. The summed E-state index contributed by atoms with van der Waals surface area (Å²) >= 11 is 1.16. The van der Waals surface area contributed by atoms with Gasteiger partial charge in [-0.1, -0.05) is 6.07 Å². The monoisotopic (exact) mass is 321 g/mol. The van der Waals surface area contributed by atoms with Crippen LogP contribution in [-0.2, 0) is 19.8 Å². The lowest BCUT2D eigenvalue weighted by atomic mass is 10.2. The minimum atomic E-state index is -4.81. The average Bonchev–Trinajstić information content (AvgIpc) is 3.05. The zero-order chi connectivity index (χ0) is 14.9. The number of amides is 1. The highest BCUT2D eigenvalue weighted by molar-refractivity contribution is 7.87. The quantitative estimate of drug-likeness (QED) is 0.608. The van der Waals surface area contributed by atoms with E-state index in [-0.39, 0.29) is 13.0 Å². The lowest BCUT2D eigenvalue weighted by molar-refractivity contribution is -0.145. The third kappa shape index (κ3) is 2.83. The summed E-state index contributed by atoms with van der Waals surface area (Å²) in [6.45, 7) is -0.352. The van der Waals surface area contributed by atoms with Crippen LogP contribution < -0.4 is 0 Å². The number of thiophene rings is 1. The van der Waals surface area contributed by atoms with Gasteiger partial charge in [-0.15, -0.1) is 15.2 Å². The predicted octanol–water partition coefficient (Wildman–Crippen LogP) is 0.803. The minimum absolute atomic E-state index is 0.289. The highest BCUT2D eigenvalue weighted by atomic mass is 32.3. The van der Waals surface area contributed by atoms with E-state index in [2.05, 4.69) is 4.74 Å².